The van der Waals surface area contributed by atoms with Crippen LogP contribution in [0.1, 0.15) is 85.0 Å². The lowest BCUT2D eigenvalue weighted by Crippen LogP contribution is -2.57. The summed E-state index contributed by atoms with van der Waals surface area (Å²) < 4.78 is 0. The molecule has 0 bridgehead atoms. The van der Waals surface area contributed by atoms with E-state index >= 15 is 0 Å². The first kappa shape index (κ1) is 20.4. The number of hydrogen-bond acceptors (Lipinski definition) is 3. The van der Waals surface area contributed by atoms with Crippen LogP contribution >= 0.6 is 0 Å². The van der Waals surface area contributed by atoms with Crippen LogP contribution in [-0.4, -0.2) is 28.1 Å². The van der Waals surface area contributed by atoms with Crippen molar-refractivity contribution in [2.75, 3.05) is 0 Å². The van der Waals surface area contributed by atoms with E-state index in [0.717, 1.165) is 32.1 Å². The van der Waals surface area contributed by atoms with Crippen LogP contribution in [0, 0.1) is 46.3 Å². The van der Waals surface area contributed by atoms with Crippen molar-refractivity contribution in [1.82, 2.24) is 0 Å². The van der Waals surface area contributed by atoms with Crippen LogP contribution in [0.25, 0.3) is 0 Å². The average molecular weight is 391 g/mol. The second-order valence-corrected chi connectivity index (χ2v) is 11.1. The van der Waals surface area contributed by atoms with Gasteiger partial charge >= 0.3 is 5.97 Å². The third kappa shape index (κ3) is 2.97. The molecule has 4 rings (SSSR count). The van der Waals surface area contributed by atoms with Crippen molar-refractivity contribution in [1.29, 1.82) is 0 Å². The number of carbonyl (C=O) groups excluding carboxylic acids is 1. The van der Waals surface area contributed by atoms with Gasteiger partial charge in [-0.05, 0) is 92.3 Å². The molecule has 4 heteroatoms. The fourth-order valence-electron chi connectivity index (χ4n) is 8.44. The third-order valence-electron chi connectivity index (χ3n) is 10.1. The lowest BCUT2D eigenvalue weighted by Gasteiger charge is -2.60. The Balaban J connectivity index is 1.57. The monoisotopic (exact) mass is 390 g/mol. The summed E-state index contributed by atoms with van der Waals surface area (Å²) >= 11 is 0. The zero-order valence-corrected chi connectivity index (χ0v) is 17.8. The highest BCUT2D eigenvalue weighted by Crippen LogP contribution is 2.67. The summed E-state index contributed by atoms with van der Waals surface area (Å²) in [5.74, 6) is 2.52. The van der Waals surface area contributed by atoms with Crippen molar-refractivity contribution in [3.8, 4) is 0 Å². The summed E-state index contributed by atoms with van der Waals surface area (Å²) in [6.07, 6.45) is 8.96. The number of aliphatic hydroxyl groups is 1. The minimum atomic E-state index is -0.729. The number of aliphatic hydroxyl groups excluding tert-OH is 1. The van der Waals surface area contributed by atoms with E-state index < -0.39 is 5.97 Å². The molecule has 4 fully saturated rings. The molecule has 28 heavy (non-hydrogen) atoms. The quantitative estimate of drug-likeness (QED) is 0.730. The highest BCUT2D eigenvalue weighted by Gasteiger charge is 2.63. The molecule has 0 radical (unpaired) electrons. The fourth-order valence-corrected chi connectivity index (χ4v) is 8.44. The van der Waals surface area contributed by atoms with E-state index in [1.807, 2.05) is 0 Å². The van der Waals surface area contributed by atoms with Gasteiger partial charge in [0, 0.05) is 18.3 Å². The molecular weight excluding hydrogens is 352 g/mol. The van der Waals surface area contributed by atoms with Crippen molar-refractivity contribution < 1.29 is 19.8 Å². The molecule has 0 amide bonds. The summed E-state index contributed by atoms with van der Waals surface area (Å²) in [6.45, 7) is 6.81. The Morgan fingerprint density at radius 2 is 1.89 bits per heavy atom. The van der Waals surface area contributed by atoms with Gasteiger partial charge < -0.3 is 10.2 Å². The van der Waals surface area contributed by atoms with E-state index in [1.165, 1.54) is 12.8 Å². The van der Waals surface area contributed by atoms with Crippen LogP contribution in [-0.2, 0) is 9.59 Å². The van der Waals surface area contributed by atoms with E-state index in [0.29, 0.717) is 54.1 Å². The highest BCUT2D eigenvalue weighted by atomic mass is 16.4. The Labute approximate surface area is 169 Å². The molecule has 0 unspecified atom stereocenters. The first-order valence-electron chi connectivity index (χ1n) is 11.6. The molecule has 2 N–H and O–H groups in total. The minimum absolute atomic E-state index is 0.148. The lowest BCUT2D eigenvalue weighted by atomic mass is 9.44. The number of Topliss-reactive ketones (excluding diaryl/α,β-unsaturated/α-hetero) is 1. The molecule has 9 atom stereocenters. The maximum atomic E-state index is 13.6. The van der Waals surface area contributed by atoms with Crippen molar-refractivity contribution in [3.05, 3.63) is 0 Å². The van der Waals surface area contributed by atoms with Gasteiger partial charge in [0.1, 0.15) is 5.78 Å². The molecule has 4 nitrogen and oxygen atoms in total. The minimum Gasteiger partial charge on any atom is -0.481 e. The summed E-state index contributed by atoms with van der Waals surface area (Å²) in [7, 11) is 0. The maximum absolute atomic E-state index is 13.6. The highest BCUT2D eigenvalue weighted by molar-refractivity contribution is 5.87. The van der Waals surface area contributed by atoms with Crippen LogP contribution in [0.3, 0.4) is 0 Å². The number of rotatable bonds is 4. The number of fused-ring (bicyclic) bond motifs is 5. The molecule has 4 aliphatic carbocycles. The maximum Gasteiger partial charge on any atom is 0.303 e. The number of hydrogen-bond donors (Lipinski definition) is 2. The van der Waals surface area contributed by atoms with Crippen molar-refractivity contribution in [2.45, 2.75) is 91.1 Å². The van der Waals surface area contributed by atoms with Crippen LogP contribution < -0.4 is 0 Å². The molecule has 0 aromatic rings. The molecule has 0 saturated heterocycles. The Kier molecular flexibility index (Phi) is 5.17. The molecule has 0 aliphatic heterocycles. The van der Waals surface area contributed by atoms with Gasteiger partial charge in [0.2, 0.25) is 0 Å². The molecule has 0 aromatic heterocycles. The normalized spacial score (nSPS) is 49.1. The number of carboxylic acids is 1. The molecule has 0 spiro atoms. The molecular formula is C24H38O4. The standard InChI is InChI=1S/C24H38O4/c1-14(4-9-22(27)28)18-7-8-19-17-6-5-15-12-16(25)10-11-23(15,2)20(17)13-21(26)24(18,19)3/h14-20,25H,4-13H2,1-3H3,(H,27,28)/t14-,15-,16-,17+,18+,19+,20+,23+,24-/m1/s1. The Bertz CT molecular complexity index is 645. The van der Waals surface area contributed by atoms with Gasteiger partial charge in [0.05, 0.1) is 6.10 Å². The first-order chi connectivity index (χ1) is 13.2. The topological polar surface area (TPSA) is 74.6 Å². The predicted octanol–water partition coefficient (Wildman–Crippen LogP) is 4.69. The zero-order chi connectivity index (χ0) is 20.3. The van der Waals surface area contributed by atoms with E-state index in [2.05, 4.69) is 20.8 Å². The van der Waals surface area contributed by atoms with Crippen molar-refractivity contribution >= 4 is 11.8 Å². The molecule has 158 valence electrons. The van der Waals surface area contributed by atoms with Crippen molar-refractivity contribution in [3.63, 3.8) is 0 Å². The van der Waals surface area contributed by atoms with Crippen LogP contribution in [0.5, 0.6) is 0 Å². The summed E-state index contributed by atoms with van der Waals surface area (Å²) in [5.41, 5.74) is -0.0391. The van der Waals surface area contributed by atoms with Crippen LogP contribution in [0.4, 0.5) is 0 Å². The SMILES string of the molecule is C[C@H](CCC(=O)O)[C@@H]1CC[C@H]2[C@@H]3CC[C@@H]4C[C@H](O)CC[C@]4(C)[C@H]3CC(=O)[C@@]21C. The number of ketones is 1. The van der Waals surface area contributed by atoms with Gasteiger partial charge in [-0.2, -0.15) is 0 Å². The third-order valence-corrected chi connectivity index (χ3v) is 10.1. The van der Waals surface area contributed by atoms with E-state index in [1.54, 1.807) is 0 Å². The zero-order valence-electron chi connectivity index (χ0n) is 17.8. The molecule has 0 aromatic carbocycles. The summed E-state index contributed by atoms with van der Waals surface area (Å²) in [4.78, 5) is 24.7. The summed E-state index contributed by atoms with van der Waals surface area (Å²) in [5, 5.41) is 19.3. The average Bonchev–Trinajstić information content (AvgIpc) is 3.00. The van der Waals surface area contributed by atoms with E-state index in [9.17, 15) is 14.7 Å². The second-order valence-electron chi connectivity index (χ2n) is 11.1. The van der Waals surface area contributed by atoms with Crippen molar-refractivity contribution in [2.24, 2.45) is 46.3 Å². The number of aliphatic carboxylic acids is 1. The van der Waals surface area contributed by atoms with Gasteiger partial charge in [0.25, 0.3) is 0 Å². The molecule has 4 saturated carbocycles. The summed E-state index contributed by atoms with van der Waals surface area (Å²) in [6, 6.07) is 0. The first-order valence-corrected chi connectivity index (χ1v) is 11.6. The molecule has 4 aliphatic rings. The molecule has 0 heterocycles. The van der Waals surface area contributed by atoms with Gasteiger partial charge in [-0.3, -0.25) is 9.59 Å². The van der Waals surface area contributed by atoms with E-state index in [4.69, 9.17) is 5.11 Å². The van der Waals surface area contributed by atoms with Gasteiger partial charge in [-0.25, -0.2) is 0 Å². The van der Waals surface area contributed by atoms with Gasteiger partial charge in [-0.15, -0.1) is 0 Å². The smallest absolute Gasteiger partial charge is 0.303 e. The Morgan fingerprint density at radius 1 is 1.14 bits per heavy atom. The second kappa shape index (κ2) is 7.11. The number of carboxylic acid groups (broad SMARTS) is 1. The predicted molar refractivity (Wildman–Crippen MR) is 108 cm³/mol. The van der Waals surface area contributed by atoms with Crippen LogP contribution in [0.15, 0.2) is 0 Å². The number of carbonyl (C=O) groups is 2. The lowest BCUT2D eigenvalue weighted by molar-refractivity contribution is -0.160. The van der Waals surface area contributed by atoms with E-state index in [-0.39, 0.29) is 23.4 Å². The Morgan fingerprint density at radius 3 is 2.61 bits per heavy atom. The fraction of sp³-hybridized carbons (Fsp3) is 0.917. The van der Waals surface area contributed by atoms with Gasteiger partial charge in [0.15, 0.2) is 0 Å². The van der Waals surface area contributed by atoms with Gasteiger partial charge in [-0.1, -0.05) is 20.8 Å². The largest absolute Gasteiger partial charge is 0.481 e. The van der Waals surface area contributed by atoms with Crippen LogP contribution in [0.2, 0.25) is 0 Å². The Hall–Kier alpha value is -0.900.